The number of carbonyl (C=O) groups excluding carboxylic acids is 3. The first-order valence-electron chi connectivity index (χ1n) is 20.2. The van der Waals surface area contributed by atoms with Crippen LogP contribution in [0.2, 0.25) is 0 Å². The van der Waals surface area contributed by atoms with Crippen molar-refractivity contribution in [3.05, 3.63) is 84.7 Å². The zero-order chi connectivity index (χ0) is 42.7. The summed E-state index contributed by atoms with van der Waals surface area (Å²) in [6, 6.07) is 18.6. The van der Waals surface area contributed by atoms with Crippen LogP contribution in [0.4, 0.5) is 9.59 Å². The lowest BCUT2D eigenvalue weighted by molar-refractivity contribution is -0.147. The van der Waals surface area contributed by atoms with Crippen LogP contribution in [0.25, 0.3) is 44.4 Å². The number of nitrogens with one attached hydrogen (secondary N) is 3. The van der Waals surface area contributed by atoms with E-state index in [1.807, 2.05) is 32.0 Å². The average molecular weight is 821 g/mol. The fourth-order valence-corrected chi connectivity index (χ4v) is 7.96. The van der Waals surface area contributed by atoms with E-state index in [1.165, 1.54) is 14.2 Å². The number of alkyl carbamates (subject to hydrolysis) is 1. The van der Waals surface area contributed by atoms with Crippen LogP contribution in [0.1, 0.15) is 51.4 Å². The first-order chi connectivity index (χ1) is 28.8. The highest BCUT2D eigenvalue weighted by Gasteiger charge is 2.39. The summed E-state index contributed by atoms with van der Waals surface area (Å²) in [6.45, 7) is 9.33. The van der Waals surface area contributed by atoms with Crippen LogP contribution < -0.4 is 5.32 Å². The number of carbonyl (C=O) groups is 4. The number of benzene rings is 3. The fraction of sp³-hybridized carbons (Fsp3) is 0.409. The van der Waals surface area contributed by atoms with E-state index in [2.05, 4.69) is 67.7 Å². The van der Waals surface area contributed by atoms with E-state index in [1.54, 1.807) is 36.0 Å². The maximum Gasteiger partial charge on any atom is 0.407 e. The SMILES string of the molecule is COC(=O)N[C@@H](C)[C@@H](C)C(=O)N1CCOCC1c1ncc(-c2ccc3cc(-c4ccc(-c5cnc([C@@H]6COCCN6C(=O)[C@H](C(C)C)N(C)C(=O)O)[nH]5)cc4)ccc3c2)[nH]1. The Morgan fingerprint density at radius 1 is 0.767 bits per heavy atom. The number of methoxy groups -OCH3 is 1. The Morgan fingerprint density at radius 3 is 1.82 bits per heavy atom. The molecule has 60 heavy (non-hydrogen) atoms. The molecular formula is C44H52N8O8. The lowest BCUT2D eigenvalue weighted by Crippen LogP contribution is -2.55. The smallest absolute Gasteiger partial charge is 0.407 e. The summed E-state index contributed by atoms with van der Waals surface area (Å²) in [7, 11) is 2.72. The van der Waals surface area contributed by atoms with Crippen LogP contribution in [0.3, 0.4) is 0 Å². The molecule has 0 spiro atoms. The fourth-order valence-electron chi connectivity index (χ4n) is 7.96. The molecule has 7 rings (SSSR count). The van der Waals surface area contributed by atoms with Gasteiger partial charge in [-0.1, -0.05) is 69.3 Å². The van der Waals surface area contributed by atoms with Crippen molar-refractivity contribution in [1.29, 1.82) is 0 Å². The lowest BCUT2D eigenvalue weighted by atomic mass is 9.98. The molecule has 16 nitrogen and oxygen atoms in total. The van der Waals surface area contributed by atoms with Gasteiger partial charge in [0.05, 0.1) is 63.2 Å². The Morgan fingerprint density at radius 2 is 1.27 bits per heavy atom. The molecule has 2 aromatic heterocycles. The van der Waals surface area contributed by atoms with Crippen molar-refractivity contribution in [2.45, 2.75) is 51.9 Å². The minimum Gasteiger partial charge on any atom is -0.465 e. The van der Waals surface area contributed by atoms with Gasteiger partial charge < -0.3 is 44.4 Å². The lowest BCUT2D eigenvalue weighted by Gasteiger charge is -2.39. The number of carboxylic acid groups (broad SMARTS) is 1. The largest absolute Gasteiger partial charge is 0.465 e. The normalized spacial score (nSPS) is 18.5. The average Bonchev–Trinajstić information content (AvgIpc) is 3.97. The zero-order valence-electron chi connectivity index (χ0n) is 34.7. The summed E-state index contributed by atoms with van der Waals surface area (Å²) in [5.74, 6) is 0.130. The van der Waals surface area contributed by atoms with Crippen LogP contribution in [-0.2, 0) is 23.8 Å². The first kappa shape index (κ1) is 41.9. The summed E-state index contributed by atoms with van der Waals surface area (Å²) in [4.78, 5) is 71.5. The molecule has 16 heteroatoms. The predicted octanol–water partition coefficient (Wildman–Crippen LogP) is 6.10. The molecule has 316 valence electrons. The van der Waals surface area contributed by atoms with E-state index in [4.69, 9.17) is 14.2 Å². The quantitative estimate of drug-likeness (QED) is 0.121. The molecule has 2 saturated heterocycles. The van der Waals surface area contributed by atoms with Crippen LogP contribution in [0.15, 0.2) is 73.1 Å². The van der Waals surface area contributed by atoms with E-state index in [9.17, 15) is 24.3 Å². The highest BCUT2D eigenvalue weighted by Crippen LogP contribution is 2.33. The van der Waals surface area contributed by atoms with Crippen LogP contribution in [0.5, 0.6) is 0 Å². The van der Waals surface area contributed by atoms with Crippen molar-refractivity contribution in [2.24, 2.45) is 11.8 Å². The van der Waals surface area contributed by atoms with Gasteiger partial charge in [-0.3, -0.25) is 14.5 Å². The monoisotopic (exact) mass is 820 g/mol. The number of fused-ring (bicyclic) bond motifs is 1. The van der Waals surface area contributed by atoms with Gasteiger partial charge in [0.2, 0.25) is 11.8 Å². The molecule has 2 aliphatic rings. The van der Waals surface area contributed by atoms with Crippen molar-refractivity contribution in [3.8, 4) is 33.6 Å². The highest BCUT2D eigenvalue weighted by atomic mass is 16.5. The Hall–Kier alpha value is -6.26. The number of morpholine rings is 2. The number of hydrogen-bond acceptors (Lipinski definition) is 9. The molecule has 3 aromatic carbocycles. The molecule has 4 N–H and O–H groups in total. The molecule has 5 atom stereocenters. The molecule has 0 bridgehead atoms. The molecule has 4 amide bonds. The Labute approximate surface area is 348 Å². The number of aromatic amines is 2. The molecule has 1 unspecified atom stereocenters. The molecule has 2 aliphatic heterocycles. The minimum atomic E-state index is -1.15. The number of nitrogens with zero attached hydrogens (tertiary/aromatic N) is 5. The van der Waals surface area contributed by atoms with Gasteiger partial charge in [-0.2, -0.15) is 0 Å². The number of imidazole rings is 2. The van der Waals surface area contributed by atoms with Crippen molar-refractivity contribution in [1.82, 2.24) is 40.0 Å². The number of H-pyrrole nitrogens is 2. The second-order valence-corrected chi connectivity index (χ2v) is 15.8. The third-order valence-corrected chi connectivity index (χ3v) is 11.6. The van der Waals surface area contributed by atoms with Gasteiger partial charge in [0.15, 0.2) is 0 Å². The molecular weight excluding hydrogens is 769 g/mol. The zero-order valence-corrected chi connectivity index (χ0v) is 34.7. The van der Waals surface area contributed by atoms with E-state index >= 15 is 0 Å². The topological polar surface area (TPSA) is 195 Å². The number of hydrogen-bond donors (Lipinski definition) is 4. The molecule has 4 heterocycles. The third kappa shape index (κ3) is 8.70. The van der Waals surface area contributed by atoms with Crippen LogP contribution in [0, 0.1) is 11.8 Å². The van der Waals surface area contributed by atoms with Crippen molar-refractivity contribution in [2.75, 3.05) is 53.7 Å². The third-order valence-electron chi connectivity index (χ3n) is 11.6. The van der Waals surface area contributed by atoms with Crippen molar-refractivity contribution in [3.63, 3.8) is 0 Å². The molecule has 2 fully saturated rings. The maximum atomic E-state index is 13.7. The summed E-state index contributed by atoms with van der Waals surface area (Å²) >= 11 is 0. The number of rotatable bonds is 11. The van der Waals surface area contributed by atoms with E-state index < -0.39 is 42.3 Å². The number of likely N-dealkylation sites (N-methyl/N-ethyl adjacent to an activating group) is 1. The minimum absolute atomic E-state index is 0.103. The molecule has 5 aromatic rings. The standard InChI is InChI=1S/C44H52N8O8/c1-25(2)38(50(5)44(56)57)42(54)52-16-18-60-24-37(52)40-45-21-34(48-40)29-9-7-28(8-10-29)30-11-12-32-20-33(14-13-31(32)19-30)35-22-46-39(49-35)36-23-59-17-15-51(36)41(53)26(3)27(4)47-43(55)58-6/h7-14,19-22,25-27,36-38H,15-18,23-24H2,1-6H3,(H,45,48)(H,46,49)(H,47,55)(H,56,57)/t26-,27+,36?,37+,38+/m1/s1. The van der Waals surface area contributed by atoms with Crippen LogP contribution in [-0.4, -0.2) is 130 Å². The van der Waals surface area contributed by atoms with E-state index in [0.29, 0.717) is 44.6 Å². The van der Waals surface area contributed by atoms with E-state index in [-0.39, 0.29) is 24.3 Å². The van der Waals surface area contributed by atoms with Crippen molar-refractivity contribution >= 4 is 34.8 Å². The molecule has 0 radical (unpaired) electrons. The summed E-state index contributed by atoms with van der Waals surface area (Å²) < 4.78 is 16.2. The maximum absolute atomic E-state index is 13.7. The van der Waals surface area contributed by atoms with Gasteiger partial charge >= 0.3 is 12.2 Å². The number of amides is 4. The Balaban J connectivity index is 1.03. The molecule has 0 saturated carbocycles. The summed E-state index contributed by atoms with van der Waals surface area (Å²) in [5, 5.41) is 14.5. The Kier molecular flexibility index (Phi) is 12.5. The molecule has 0 aliphatic carbocycles. The van der Waals surface area contributed by atoms with E-state index in [0.717, 1.165) is 49.3 Å². The van der Waals surface area contributed by atoms with Crippen molar-refractivity contribution < 1.29 is 38.5 Å². The summed E-state index contributed by atoms with van der Waals surface area (Å²) in [5.41, 5.74) is 5.59. The van der Waals surface area contributed by atoms with Gasteiger partial charge in [-0.05, 0) is 52.4 Å². The van der Waals surface area contributed by atoms with Gasteiger partial charge in [0.25, 0.3) is 0 Å². The van der Waals surface area contributed by atoms with Gasteiger partial charge in [0, 0.05) is 31.7 Å². The van der Waals surface area contributed by atoms with Gasteiger partial charge in [-0.25, -0.2) is 19.6 Å². The van der Waals surface area contributed by atoms with Crippen LogP contribution >= 0.6 is 0 Å². The summed E-state index contributed by atoms with van der Waals surface area (Å²) in [6.07, 6.45) is 1.78. The number of aromatic nitrogens is 4. The Bertz CT molecular complexity index is 2340. The second-order valence-electron chi connectivity index (χ2n) is 15.8. The van der Waals surface area contributed by atoms with Gasteiger partial charge in [-0.15, -0.1) is 0 Å². The highest BCUT2D eigenvalue weighted by molar-refractivity contribution is 5.91. The van der Waals surface area contributed by atoms with Gasteiger partial charge in [0.1, 0.15) is 29.8 Å². The predicted molar refractivity (Wildman–Crippen MR) is 224 cm³/mol. The number of ether oxygens (including phenoxy) is 3. The first-order valence-corrected chi connectivity index (χ1v) is 20.2. The second kappa shape index (κ2) is 17.9.